The van der Waals surface area contributed by atoms with E-state index in [1.807, 2.05) is 0 Å². The number of nitrogens with one attached hydrogen (secondary N) is 1. The quantitative estimate of drug-likeness (QED) is 0.620. The molecule has 130 valence electrons. The summed E-state index contributed by atoms with van der Waals surface area (Å²) < 4.78 is 39.6. The Bertz CT molecular complexity index is 730. The van der Waals surface area contributed by atoms with Crippen LogP contribution in [0.4, 0.5) is 24.5 Å². The molecule has 0 aliphatic heterocycles. The smallest absolute Gasteiger partial charge is 0.394 e. The highest BCUT2D eigenvalue weighted by Gasteiger charge is 2.33. The molecule has 1 aromatic heterocycles. The second-order valence-corrected chi connectivity index (χ2v) is 5.24. The fourth-order valence-corrected chi connectivity index (χ4v) is 2.22. The van der Waals surface area contributed by atoms with Crippen LogP contribution in [0.2, 0.25) is 0 Å². The number of rotatable bonds is 6. The van der Waals surface area contributed by atoms with Crippen molar-refractivity contribution in [1.82, 2.24) is 9.78 Å². The zero-order valence-corrected chi connectivity index (χ0v) is 12.6. The van der Waals surface area contributed by atoms with Gasteiger partial charge in [-0.15, -0.1) is 0 Å². The number of aliphatic hydroxyl groups is 1. The van der Waals surface area contributed by atoms with Crippen LogP contribution in [0.15, 0.2) is 30.6 Å². The minimum absolute atomic E-state index is 0.0871. The van der Waals surface area contributed by atoms with E-state index in [0.717, 1.165) is 17.7 Å². The van der Waals surface area contributed by atoms with E-state index in [9.17, 15) is 28.4 Å². The van der Waals surface area contributed by atoms with Gasteiger partial charge in [0.2, 0.25) is 0 Å². The highest BCUT2D eigenvalue weighted by atomic mass is 19.4. The number of aryl methyl sites for hydroxylation is 1. The monoisotopic (exact) mass is 344 g/mol. The lowest BCUT2D eigenvalue weighted by molar-refractivity contribution is -0.384. The van der Waals surface area contributed by atoms with Crippen molar-refractivity contribution < 1.29 is 23.2 Å². The molecule has 1 heterocycles. The Balaban J connectivity index is 2.24. The lowest BCUT2D eigenvalue weighted by Gasteiger charge is -2.17. The fraction of sp³-hybridized carbons (Fsp3) is 0.357. The zero-order valence-electron chi connectivity index (χ0n) is 12.6. The van der Waals surface area contributed by atoms with Crippen molar-refractivity contribution in [2.75, 3.05) is 11.9 Å². The third-order valence-corrected chi connectivity index (χ3v) is 3.34. The topological polar surface area (TPSA) is 93.2 Å². The van der Waals surface area contributed by atoms with Gasteiger partial charge in [0.1, 0.15) is 5.69 Å². The minimum Gasteiger partial charge on any atom is -0.394 e. The minimum atomic E-state index is -4.67. The molecule has 1 aromatic carbocycles. The summed E-state index contributed by atoms with van der Waals surface area (Å²) in [6.45, 7) is -0.354. The summed E-state index contributed by atoms with van der Waals surface area (Å²) in [5, 5.41) is 27.2. The predicted molar refractivity (Wildman–Crippen MR) is 79.5 cm³/mol. The third-order valence-electron chi connectivity index (χ3n) is 3.34. The lowest BCUT2D eigenvalue weighted by Crippen LogP contribution is -2.26. The number of nitrogens with zero attached hydrogens (tertiary/aromatic N) is 3. The van der Waals surface area contributed by atoms with Crippen LogP contribution in [0.1, 0.15) is 11.1 Å². The van der Waals surface area contributed by atoms with E-state index < -0.39 is 28.4 Å². The van der Waals surface area contributed by atoms with Crippen LogP contribution in [-0.4, -0.2) is 32.5 Å². The lowest BCUT2D eigenvalue weighted by atomic mass is 10.1. The number of aromatic nitrogens is 2. The molecule has 10 heteroatoms. The Labute approximate surface area is 134 Å². The fourth-order valence-electron chi connectivity index (χ4n) is 2.22. The first-order valence-electron chi connectivity index (χ1n) is 6.91. The molecule has 1 atom stereocenters. The van der Waals surface area contributed by atoms with Crippen molar-refractivity contribution in [3.05, 3.63) is 51.8 Å². The second-order valence-electron chi connectivity index (χ2n) is 5.24. The van der Waals surface area contributed by atoms with Crippen molar-refractivity contribution in [2.45, 2.75) is 18.6 Å². The normalized spacial score (nSPS) is 12.9. The molecule has 0 saturated carbocycles. The van der Waals surface area contributed by atoms with Crippen LogP contribution in [-0.2, 0) is 19.6 Å². The largest absolute Gasteiger partial charge is 0.416 e. The van der Waals surface area contributed by atoms with Crippen LogP contribution < -0.4 is 5.32 Å². The highest BCUT2D eigenvalue weighted by molar-refractivity contribution is 5.63. The molecular weight excluding hydrogens is 329 g/mol. The molecule has 2 N–H and O–H groups in total. The van der Waals surface area contributed by atoms with Gasteiger partial charge in [0.15, 0.2) is 0 Å². The van der Waals surface area contributed by atoms with Crippen LogP contribution >= 0.6 is 0 Å². The summed E-state index contributed by atoms with van der Waals surface area (Å²) in [6, 6.07) is 1.62. The summed E-state index contributed by atoms with van der Waals surface area (Å²) in [5.41, 5.74) is -1.11. The maximum absolute atomic E-state index is 12.7. The molecule has 0 aliphatic rings. The predicted octanol–water partition coefficient (Wildman–Crippen LogP) is 2.36. The van der Waals surface area contributed by atoms with E-state index in [0.29, 0.717) is 12.5 Å². The zero-order chi connectivity index (χ0) is 17.9. The van der Waals surface area contributed by atoms with Gasteiger partial charge in [-0.2, -0.15) is 18.3 Å². The number of anilines is 1. The van der Waals surface area contributed by atoms with Crippen molar-refractivity contribution in [2.24, 2.45) is 7.05 Å². The number of benzene rings is 1. The molecular formula is C14H15F3N4O3. The van der Waals surface area contributed by atoms with Crippen LogP contribution in [0.5, 0.6) is 0 Å². The van der Waals surface area contributed by atoms with Crippen molar-refractivity contribution in [1.29, 1.82) is 0 Å². The third kappa shape index (κ3) is 4.22. The van der Waals surface area contributed by atoms with E-state index in [1.54, 1.807) is 24.1 Å². The molecule has 2 aromatic rings. The summed E-state index contributed by atoms with van der Waals surface area (Å²) >= 11 is 0. The molecule has 0 fully saturated rings. The van der Waals surface area contributed by atoms with Crippen LogP contribution in [0, 0.1) is 10.1 Å². The number of hydrogen-bond donors (Lipinski definition) is 2. The van der Waals surface area contributed by atoms with E-state index in [2.05, 4.69) is 10.4 Å². The number of alkyl halides is 3. The van der Waals surface area contributed by atoms with E-state index in [-0.39, 0.29) is 12.3 Å². The molecule has 0 unspecified atom stereocenters. The van der Waals surface area contributed by atoms with Gasteiger partial charge >= 0.3 is 6.18 Å². The number of aliphatic hydroxyl groups excluding tert-OH is 1. The molecule has 0 aliphatic carbocycles. The average Bonchev–Trinajstić information content (AvgIpc) is 2.90. The number of nitro benzene ring substituents is 1. The van der Waals surface area contributed by atoms with Gasteiger partial charge in [-0.05, 0) is 24.1 Å². The SMILES string of the molecule is Cn1cc(C[C@@H](CO)Nc2ccc(C(F)(F)F)cc2[N+](=O)[O-])cn1. The number of nitro groups is 1. The van der Waals surface area contributed by atoms with Gasteiger partial charge in [0, 0.05) is 19.3 Å². The Kier molecular flexibility index (Phi) is 5.07. The molecule has 0 radical (unpaired) electrons. The summed E-state index contributed by atoms with van der Waals surface area (Å²) in [6.07, 6.45) is -1.07. The second kappa shape index (κ2) is 6.87. The van der Waals surface area contributed by atoms with Gasteiger partial charge in [-0.25, -0.2) is 0 Å². The van der Waals surface area contributed by atoms with Crippen LogP contribution in [0.25, 0.3) is 0 Å². The Morgan fingerprint density at radius 1 is 1.46 bits per heavy atom. The average molecular weight is 344 g/mol. The number of hydrogen-bond acceptors (Lipinski definition) is 5. The first kappa shape index (κ1) is 17.7. The Morgan fingerprint density at radius 3 is 2.67 bits per heavy atom. The van der Waals surface area contributed by atoms with Crippen molar-refractivity contribution in [3.63, 3.8) is 0 Å². The van der Waals surface area contributed by atoms with Gasteiger partial charge in [0.25, 0.3) is 5.69 Å². The molecule has 24 heavy (non-hydrogen) atoms. The first-order chi connectivity index (χ1) is 11.2. The van der Waals surface area contributed by atoms with Crippen LogP contribution in [0.3, 0.4) is 0 Å². The standard InChI is InChI=1S/C14H15F3N4O3/c1-20-7-9(6-18-20)4-11(8-22)19-12-3-2-10(14(15,16)17)5-13(12)21(23)24/h2-3,5-7,11,19,22H,4,8H2,1H3/t11-/m0/s1. The molecule has 2 rings (SSSR count). The van der Waals surface area contributed by atoms with Gasteiger partial charge < -0.3 is 10.4 Å². The first-order valence-corrected chi connectivity index (χ1v) is 6.91. The molecule has 0 saturated heterocycles. The maximum Gasteiger partial charge on any atom is 0.416 e. The molecule has 0 amide bonds. The summed E-state index contributed by atoms with van der Waals surface area (Å²) in [7, 11) is 1.71. The molecule has 0 spiro atoms. The summed E-state index contributed by atoms with van der Waals surface area (Å²) in [4.78, 5) is 10.2. The maximum atomic E-state index is 12.7. The van der Waals surface area contributed by atoms with Crippen molar-refractivity contribution in [3.8, 4) is 0 Å². The van der Waals surface area contributed by atoms with Gasteiger partial charge in [-0.3, -0.25) is 14.8 Å². The number of halogens is 3. The van der Waals surface area contributed by atoms with E-state index in [4.69, 9.17) is 0 Å². The van der Waals surface area contributed by atoms with E-state index >= 15 is 0 Å². The van der Waals surface area contributed by atoms with Crippen molar-refractivity contribution >= 4 is 11.4 Å². The highest BCUT2D eigenvalue weighted by Crippen LogP contribution is 2.35. The molecule has 7 nitrogen and oxygen atoms in total. The molecule has 0 bridgehead atoms. The Morgan fingerprint density at radius 2 is 2.17 bits per heavy atom. The van der Waals surface area contributed by atoms with Gasteiger partial charge in [-0.1, -0.05) is 0 Å². The van der Waals surface area contributed by atoms with Gasteiger partial charge in [0.05, 0.1) is 29.3 Å². The summed E-state index contributed by atoms with van der Waals surface area (Å²) in [5.74, 6) is 0. The van der Waals surface area contributed by atoms with E-state index in [1.165, 1.54) is 0 Å². The Hall–Kier alpha value is -2.62.